The Morgan fingerprint density at radius 1 is 1.47 bits per heavy atom. The van der Waals surface area contributed by atoms with E-state index in [9.17, 15) is 9.59 Å². The number of ether oxygens (including phenoxy) is 1. The molecule has 98 valence electrons. The van der Waals surface area contributed by atoms with Crippen molar-refractivity contribution in [2.45, 2.75) is 19.8 Å². The van der Waals surface area contributed by atoms with E-state index in [2.05, 4.69) is 10.2 Å². The fraction of sp³-hybridized carbons (Fsp3) is 0.833. The van der Waals surface area contributed by atoms with Crippen LogP contribution in [0.3, 0.4) is 0 Å². The van der Waals surface area contributed by atoms with Gasteiger partial charge in [0.15, 0.2) is 0 Å². The molecule has 0 spiro atoms. The number of methoxy groups -OCH3 is 1. The number of nitrogens with one attached hydrogen (secondary N) is 1. The molecule has 1 atom stereocenters. The lowest BCUT2D eigenvalue weighted by Crippen LogP contribution is -2.44. The first kappa shape index (κ1) is 14.1. The summed E-state index contributed by atoms with van der Waals surface area (Å²) in [6.45, 7) is 4.70. The average molecular weight is 242 g/mol. The number of ketones is 1. The van der Waals surface area contributed by atoms with E-state index in [-0.39, 0.29) is 17.6 Å². The topological polar surface area (TPSA) is 58.6 Å². The van der Waals surface area contributed by atoms with E-state index in [0.717, 1.165) is 19.4 Å². The van der Waals surface area contributed by atoms with Gasteiger partial charge in [-0.3, -0.25) is 14.5 Å². The smallest absolute Gasteiger partial charge is 0.234 e. The molecule has 0 radical (unpaired) electrons. The van der Waals surface area contributed by atoms with Gasteiger partial charge in [0.25, 0.3) is 0 Å². The second kappa shape index (κ2) is 7.40. The molecule has 1 fully saturated rings. The van der Waals surface area contributed by atoms with Crippen LogP contribution in [0.4, 0.5) is 0 Å². The summed E-state index contributed by atoms with van der Waals surface area (Å²) >= 11 is 0. The Labute approximate surface area is 102 Å². The summed E-state index contributed by atoms with van der Waals surface area (Å²) in [5, 5.41) is 2.78. The normalized spacial score (nSPS) is 21.2. The highest BCUT2D eigenvalue weighted by molar-refractivity contribution is 5.79. The summed E-state index contributed by atoms with van der Waals surface area (Å²) in [6.07, 6.45) is 1.95. The number of hydrogen-bond donors (Lipinski definition) is 1. The number of piperidine rings is 1. The molecule has 1 saturated heterocycles. The van der Waals surface area contributed by atoms with Crippen molar-refractivity contribution in [3.8, 4) is 0 Å². The predicted octanol–water partition coefficient (Wildman–Crippen LogP) is 0.0500. The Balaban J connectivity index is 2.26. The molecule has 0 aromatic rings. The molecule has 1 rings (SSSR count). The number of carbonyl (C=O) groups is 2. The number of rotatable bonds is 6. The van der Waals surface area contributed by atoms with Gasteiger partial charge < -0.3 is 10.1 Å². The zero-order valence-corrected chi connectivity index (χ0v) is 10.7. The molecule has 1 N–H and O–H groups in total. The Bertz CT molecular complexity index is 268. The van der Waals surface area contributed by atoms with Crippen LogP contribution in [0.2, 0.25) is 0 Å². The maximum atomic E-state index is 11.6. The van der Waals surface area contributed by atoms with Crippen molar-refractivity contribution in [1.29, 1.82) is 0 Å². The molecule has 0 aromatic heterocycles. The van der Waals surface area contributed by atoms with Crippen LogP contribution in [0.15, 0.2) is 0 Å². The number of carbonyl (C=O) groups excluding carboxylic acids is 2. The quantitative estimate of drug-likeness (QED) is 0.669. The highest BCUT2D eigenvalue weighted by atomic mass is 16.5. The van der Waals surface area contributed by atoms with E-state index in [1.165, 1.54) is 0 Å². The van der Waals surface area contributed by atoms with Gasteiger partial charge in [-0.2, -0.15) is 0 Å². The molecule has 1 amide bonds. The molecular formula is C12H22N2O3. The van der Waals surface area contributed by atoms with Crippen LogP contribution >= 0.6 is 0 Å². The van der Waals surface area contributed by atoms with E-state index in [1.54, 1.807) is 14.0 Å². The van der Waals surface area contributed by atoms with Crippen LogP contribution in [0, 0.1) is 5.92 Å². The minimum atomic E-state index is 0.00579. The van der Waals surface area contributed by atoms with Crippen molar-refractivity contribution in [2.75, 3.05) is 39.9 Å². The van der Waals surface area contributed by atoms with Gasteiger partial charge in [-0.15, -0.1) is 0 Å². The van der Waals surface area contributed by atoms with Crippen LogP contribution in [0.1, 0.15) is 19.8 Å². The lowest BCUT2D eigenvalue weighted by molar-refractivity contribution is -0.126. The Morgan fingerprint density at radius 3 is 2.88 bits per heavy atom. The molecule has 0 aliphatic carbocycles. The zero-order valence-electron chi connectivity index (χ0n) is 10.7. The van der Waals surface area contributed by atoms with Gasteiger partial charge in [-0.25, -0.2) is 0 Å². The maximum absolute atomic E-state index is 11.6. The number of likely N-dealkylation sites (tertiary alicyclic amines) is 1. The molecule has 5 nitrogen and oxygen atoms in total. The molecular weight excluding hydrogens is 220 g/mol. The van der Waals surface area contributed by atoms with Crippen molar-refractivity contribution in [3.63, 3.8) is 0 Å². The highest BCUT2D eigenvalue weighted by Gasteiger charge is 2.24. The molecule has 1 aliphatic heterocycles. The molecule has 0 bridgehead atoms. The number of amides is 1. The average Bonchev–Trinajstić information content (AvgIpc) is 2.29. The van der Waals surface area contributed by atoms with Crippen LogP contribution in [0.5, 0.6) is 0 Å². The van der Waals surface area contributed by atoms with Gasteiger partial charge in [0.05, 0.1) is 13.2 Å². The minimum Gasteiger partial charge on any atom is -0.383 e. The van der Waals surface area contributed by atoms with Gasteiger partial charge in [0.2, 0.25) is 5.91 Å². The standard InChI is InChI=1S/C12H22N2O3/c1-10(15)11-4-3-6-14(8-11)9-12(16)13-5-7-17-2/h11H,3-9H2,1-2H3,(H,13,16). The summed E-state index contributed by atoms with van der Waals surface area (Å²) in [5.41, 5.74) is 0. The van der Waals surface area contributed by atoms with Gasteiger partial charge >= 0.3 is 0 Å². The van der Waals surface area contributed by atoms with Crippen LogP contribution in [0.25, 0.3) is 0 Å². The van der Waals surface area contributed by atoms with Crippen molar-refractivity contribution >= 4 is 11.7 Å². The Morgan fingerprint density at radius 2 is 2.24 bits per heavy atom. The first-order valence-corrected chi connectivity index (χ1v) is 6.12. The molecule has 1 aliphatic rings. The third-order valence-corrected chi connectivity index (χ3v) is 3.08. The van der Waals surface area contributed by atoms with E-state index in [1.807, 2.05) is 0 Å². The fourth-order valence-corrected chi connectivity index (χ4v) is 2.08. The summed E-state index contributed by atoms with van der Waals surface area (Å²) in [7, 11) is 1.61. The Hall–Kier alpha value is -0.940. The minimum absolute atomic E-state index is 0.00579. The van der Waals surface area contributed by atoms with Crippen LogP contribution in [-0.2, 0) is 14.3 Å². The second-order valence-electron chi connectivity index (χ2n) is 4.53. The van der Waals surface area contributed by atoms with Crippen molar-refractivity contribution in [2.24, 2.45) is 5.92 Å². The summed E-state index contributed by atoms with van der Waals surface area (Å²) in [5.74, 6) is 0.344. The molecule has 0 saturated carbocycles. The van der Waals surface area contributed by atoms with E-state index in [4.69, 9.17) is 4.74 Å². The van der Waals surface area contributed by atoms with Crippen molar-refractivity contribution in [3.05, 3.63) is 0 Å². The number of Topliss-reactive ketones (excluding diaryl/α,β-unsaturated/α-hetero) is 1. The second-order valence-corrected chi connectivity index (χ2v) is 4.53. The first-order chi connectivity index (χ1) is 8.13. The van der Waals surface area contributed by atoms with Crippen LogP contribution in [-0.4, -0.2) is 56.5 Å². The number of nitrogens with zero attached hydrogens (tertiary/aromatic N) is 1. The molecule has 5 heteroatoms. The Kier molecular flexibility index (Phi) is 6.15. The monoisotopic (exact) mass is 242 g/mol. The molecule has 0 aromatic carbocycles. The zero-order chi connectivity index (χ0) is 12.7. The van der Waals surface area contributed by atoms with Gasteiger partial charge in [0, 0.05) is 26.1 Å². The van der Waals surface area contributed by atoms with Crippen LogP contribution < -0.4 is 5.32 Å². The SMILES string of the molecule is COCCNC(=O)CN1CCCC(C(C)=O)C1. The summed E-state index contributed by atoms with van der Waals surface area (Å²) in [4.78, 5) is 24.9. The maximum Gasteiger partial charge on any atom is 0.234 e. The largest absolute Gasteiger partial charge is 0.383 e. The third kappa shape index (κ3) is 5.28. The van der Waals surface area contributed by atoms with Crippen molar-refractivity contribution in [1.82, 2.24) is 10.2 Å². The van der Waals surface area contributed by atoms with Gasteiger partial charge in [-0.1, -0.05) is 0 Å². The highest BCUT2D eigenvalue weighted by Crippen LogP contribution is 2.16. The molecule has 17 heavy (non-hydrogen) atoms. The summed E-state index contributed by atoms with van der Waals surface area (Å²) < 4.78 is 4.86. The number of hydrogen-bond acceptors (Lipinski definition) is 4. The van der Waals surface area contributed by atoms with Gasteiger partial charge in [-0.05, 0) is 26.3 Å². The molecule has 1 heterocycles. The third-order valence-electron chi connectivity index (χ3n) is 3.08. The van der Waals surface area contributed by atoms with Gasteiger partial charge in [0.1, 0.15) is 5.78 Å². The predicted molar refractivity (Wildman–Crippen MR) is 64.7 cm³/mol. The van der Waals surface area contributed by atoms with E-state index >= 15 is 0 Å². The summed E-state index contributed by atoms with van der Waals surface area (Å²) in [6, 6.07) is 0. The first-order valence-electron chi connectivity index (χ1n) is 6.12. The van der Waals surface area contributed by atoms with E-state index < -0.39 is 0 Å². The lowest BCUT2D eigenvalue weighted by atomic mass is 9.95. The fourth-order valence-electron chi connectivity index (χ4n) is 2.08. The van der Waals surface area contributed by atoms with Crippen molar-refractivity contribution < 1.29 is 14.3 Å². The molecule has 1 unspecified atom stereocenters. The lowest BCUT2D eigenvalue weighted by Gasteiger charge is -2.30. The van der Waals surface area contributed by atoms with E-state index in [0.29, 0.717) is 26.2 Å².